The van der Waals surface area contributed by atoms with Crippen molar-refractivity contribution < 1.29 is 0 Å². The molecule has 0 aliphatic carbocycles. The molecule has 0 N–H and O–H groups in total. The zero-order valence-electron chi connectivity index (χ0n) is 11.0. The van der Waals surface area contributed by atoms with Crippen molar-refractivity contribution in [3.05, 3.63) is 11.4 Å². The molecule has 1 rings (SSSR count). The van der Waals surface area contributed by atoms with Gasteiger partial charge in [-0.15, -0.1) is 5.10 Å². The molecule has 92 valence electrons. The Kier molecular flexibility index (Phi) is 6.12. The minimum Gasteiger partial charge on any atom is -0.249 e. The van der Waals surface area contributed by atoms with Gasteiger partial charge < -0.3 is 0 Å². The van der Waals surface area contributed by atoms with E-state index in [-0.39, 0.29) is 0 Å². The van der Waals surface area contributed by atoms with Crippen molar-refractivity contribution >= 4 is 0 Å². The van der Waals surface area contributed by atoms with Crippen molar-refractivity contribution in [3.63, 3.8) is 0 Å². The average molecular weight is 223 g/mol. The number of hydrogen-bond acceptors (Lipinski definition) is 2. The maximum absolute atomic E-state index is 4.34. The average Bonchev–Trinajstić information content (AvgIpc) is 2.67. The highest BCUT2D eigenvalue weighted by Crippen LogP contribution is 2.12. The predicted molar refractivity (Wildman–Crippen MR) is 67.5 cm³/mol. The third-order valence-electron chi connectivity index (χ3n) is 2.90. The molecule has 0 atom stereocenters. The monoisotopic (exact) mass is 223 g/mol. The van der Waals surface area contributed by atoms with Crippen LogP contribution < -0.4 is 0 Å². The summed E-state index contributed by atoms with van der Waals surface area (Å²) >= 11 is 0. The summed E-state index contributed by atoms with van der Waals surface area (Å²) in [6.45, 7) is 7.70. The molecule has 0 aromatic carbocycles. The Balaban J connectivity index is 2.70. The molecule has 16 heavy (non-hydrogen) atoms. The highest BCUT2D eigenvalue weighted by molar-refractivity contribution is 5.10. The van der Waals surface area contributed by atoms with Crippen LogP contribution in [0, 0.1) is 0 Å². The second-order valence-electron chi connectivity index (χ2n) is 4.41. The molecule has 0 unspecified atom stereocenters. The van der Waals surface area contributed by atoms with Crippen LogP contribution in [0.3, 0.4) is 0 Å². The summed E-state index contributed by atoms with van der Waals surface area (Å²) in [6.07, 6.45) is 8.27. The van der Waals surface area contributed by atoms with E-state index >= 15 is 0 Å². The van der Waals surface area contributed by atoms with Crippen LogP contribution in [0.25, 0.3) is 0 Å². The van der Waals surface area contributed by atoms with Crippen LogP contribution in [0.15, 0.2) is 0 Å². The lowest BCUT2D eigenvalue weighted by Crippen LogP contribution is -2.06. The standard InChI is InChI=1S/C13H25N3/c1-4-7-10-12-13(9-6-3)16(15-14-12)11-8-5-2/h4-11H2,1-3H3. The number of rotatable bonds is 8. The first kappa shape index (κ1) is 13.2. The van der Waals surface area contributed by atoms with Crippen LogP contribution in [0.4, 0.5) is 0 Å². The zero-order chi connectivity index (χ0) is 11.8. The van der Waals surface area contributed by atoms with E-state index in [2.05, 4.69) is 35.8 Å². The van der Waals surface area contributed by atoms with E-state index in [0.717, 1.165) is 19.4 Å². The van der Waals surface area contributed by atoms with E-state index in [1.54, 1.807) is 0 Å². The number of aromatic nitrogens is 3. The number of hydrogen-bond donors (Lipinski definition) is 0. The van der Waals surface area contributed by atoms with E-state index in [0.29, 0.717) is 0 Å². The second kappa shape index (κ2) is 7.42. The molecule has 0 radical (unpaired) electrons. The Morgan fingerprint density at radius 3 is 2.31 bits per heavy atom. The molecule has 3 heteroatoms. The van der Waals surface area contributed by atoms with Crippen LogP contribution in [-0.4, -0.2) is 15.0 Å². The fourth-order valence-electron chi connectivity index (χ4n) is 1.90. The van der Waals surface area contributed by atoms with Crippen molar-refractivity contribution in [1.29, 1.82) is 0 Å². The van der Waals surface area contributed by atoms with Gasteiger partial charge in [0.25, 0.3) is 0 Å². The van der Waals surface area contributed by atoms with E-state index in [4.69, 9.17) is 0 Å². The van der Waals surface area contributed by atoms with E-state index in [1.807, 2.05) is 0 Å². The Morgan fingerprint density at radius 2 is 1.69 bits per heavy atom. The van der Waals surface area contributed by atoms with Gasteiger partial charge in [0.1, 0.15) is 0 Å². The molecular weight excluding hydrogens is 198 g/mol. The molecule has 0 aliphatic rings. The lowest BCUT2D eigenvalue weighted by atomic mass is 10.1. The van der Waals surface area contributed by atoms with Crippen molar-refractivity contribution in [2.24, 2.45) is 0 Å². The van der Waals surface area contributed by atoms with Crippen molar-refractivity contribution in [1.82, 2.24) is 15.0 Å². The third kappa shape index (κ3) is 3.62. The highest BCUT2D eigenvalue weighted by Gasteiger charge is 2.10. The third-order valence-corrected chi connectivity index (χ3v) is 2.90. The van der Waals surface area contributed by atoms with Gasteiger partial charge in [-0.2, -0.15) is 0 Å². The van der Waals surface area contributed by atoms with E-state index in [9.17, 15) is 0 Å². The normalized spacial score (nSPS) is 10.9. The van der Waals surface area contributed by atoms with Crippen molar-refractivity contribution in [3.8, 4) is 0 Å². The van der Waals surface area contributed by atoms with Crippen LogP contribution in [0.5, 0.6) is 0 Å². The summed E-state index contributed by atoms with van der Waals surface area (Å²) in [7, 11) is 0. The molecule has 1 heterocycles. The lowest BCUT2D eigenvalue weighted by molar-refractivity contribution is 0.530. The molecule has 0 amide bonds. The van der Waals surface area contributed by atoms with Gasteiger partial charge in [-0.1, -0.05) is 45.2 Å². The first-order chi connectivity index (χ1) is 7.83. The zero-order valence-corrected chi connectivity index (χ0v) is 11.0. The Hall–Kier alpha value is -0.860. The van der Waals surface area contributed by atoms with Gasteiger partial charge in [0.2, 0.25) is 0 Å². The number of nitrogens with zero attached hydrogens (tertiary/aromatic N) is 3. The molecule has 1 aromatic rings. The van der Waals surface area contributed by atoms with Gasteiger partial charge in [0.15, 0.2) is 0 Å². The highest BCUT2D eigenvalue weighted by atomic mass is 15.4. The van der Waals surface area contributed by atoms with E-state index < -0.39 is 0 Å². The maximum atomic E-state index is 4.34. The SMILES string of the molecule is CCCCc1nnn(CCCC)c1CCC. The van der Waals surface area contributed by atoms with Gasteiger partial charge in [0.05, 0.1) is 11.4 Å². The van der Waals surface area contributed by atoms with Gasteiger partial charge >= 0.3 is 0 Å². The smallest absolute Gasteiger partial charge is 0.0859 e. The largest absolute Gasteiger partial charge is 0.249 e. The summed E-state index contributed by atoms with van der Waals surface area (Å²) < 4.78 is 2.12. The molecular formula is C13H25N3. The van der Waals surface area contributed by atoms with Crippen LogP contribution in [-0.2, 0) is 19.4 Å². The first-order valence-corrected chi connectivity index (χ1v) is 6.74. The Bertz CT molecular complexity index is 266. The van der Waals surface area contributed by atoms with Gasteiger partial charge in [-0.25, -0.2) is 4.68 Å². The summed E-state index contributed by atoms with van der Waals surface area (Å²) in [5.74, 6) is 0. The number of unbranched alkanes of at least 4 members (excludes halogenated alkanes) is 2. The van der Waals surface area contributed by atoms with E-state index in [1.165, 1.54) is 43.5 Å². The molecule has 0 saturated heterocycles. The molecule has 0 spiro atoms. The maximum Gasteiger partial charge on any atom is 0.0859 e. The molecule has 3 nitrogen and oxygen atoms in total. The summed E-state index contributed by atoms with van der Waals surface area (Å²) in [4.78, 5) is 0. The molecule has 1 aromatic heterocycles. The quantitative estimate of drug-likeness (QED) is 0.676. The van der Waals surface area contributed by atoms with Gasteiger partial charge in [-0.3, -0.25) is 0 Å². The minimum absolute atomic E-state index is 1.03. The second-order valence-corrected chi connectivity index (χ2v) is 4.41. The minimum atomic E-state index is 1.03. The predicted octanol–water partition coefficient (Wildman–Crippen LogP) is 3.37. The molecule has 0 bridgehead atoms. The Morgan fingerprint density at radius 1 is 0.938 bits per heavy atom. The van der Waals surface area contributed by atoms with Gasteiger partial charge in [-0.05, 0) is 25.7 Å². The summed E-state index contributed by atoms with van der Waals surface area (Å²) in [5.41, 5.74) is 2.62. The van der Waals surface area contributed by atoms with Crippen LogP contribution in [0.2, 0.25) is 0 Å². The van der Waals surface area contributed by atoms with Crippen molar-refractivity contribution in [2.45, 2.75) is 72.3 Å². The lowest BCUT2D eigenvalue weighted by Gasteiger charge is -2.06. The number of aryl methyl sites for hydroxylation is 2. The molecule has 0 aliphatic heterocycles. The van der Waals surface area contributed by atoms with Gasteiger partial charge in [0, 0.05) is 6.54 Å². The Labute approximate surface area is 99.2 Å². The molecule has 0 saturated carbocycles. The fourth-order valence-corrected chi connectivity index (χ4v) is 1.90. The summed E-state index contributed by atoms with van der Waals surface area (Å²) in [5, 5.41) is 8.63. The van der Waals surface area contributed by atoms with Crippen molar-refractivity contribution in [2.75, 3.05) is 0 Å². The topological polar surface area (TPSA) is 30.7 Å². The fraction of sp³-hybridized carbons (Fsp3) is 0.846. The van der Waals surface area contributed by atoms with Crippen LogP contribution in [0.1, 0.15) is 64.3 Å². The molecule has 0 fully saturated rings. The van der Waals surface area contributed by atoms with Crippen LogP contribution >= 0.6 is 0 Å². The first-order valence-electron chi connectivity index (χ1n) is 6.74. The summed E-state index contributed by atoms with van der Waals surface area (Å²) in [6, 6.07) is 0.